The lowest BCUT2D eigenvalue weighted by atomic mass is 9.84. The van der Waals surface area contributed by atoms with Gasteiger partial charge >= 0.3 is 0 Å². The zero-order valence-corrected chi connectivity index (χ0v) is 21.1. The average molecular weight is 423 g/mol. The molecule has 2 saturated carbocycles. The first kappa shape index (κ1) is 25.6. The van der Waals surface area contributed by atoms with Crippen molar-refractivity contribution in [2.75, 3.05) is 0 Å². The predicted octanol–water partition coefficient (Wildman–Crippen LogP) is 10.3. The van der Waals surface area contributed by atoms with Gasteiger partial charge in [0.05, 0.1) is 0 Å². The van der Waals surface area contributed by atoms with Crippen LogP contribution in [0.15, 0.2) is 0 Å². The second kappa shape index (κ2) is 17.0. The summed E-state index contributed by atoms with van der Waals surface area (Å²) in [5.41, 5.74) is 0. The Morgan fingerprint density at radius 2 is 0.897 bits per heavy atom. The predicted molar refractivity (Wildman–Crippen MR) is 135 cm³/mol. The van der Waals surface area contributed by atoms with Crippen LogP contribution in [0.1, 0.15) is 155 Å². The van der Waals surface area contributed by atoms with Crippen LogP contribution < -0.4 is 0 Å². The van der Waals surface area contributed by atoms with E-state index in [0.717, 1.165) is 22.3 Å². The molecule has 0 radical (unpaired) electrons. The van der Waals surface area contributed by atoms with Gasteiger partial charge in [-0.15, -0.1) is 0 Å². The van der Waals surface area contributed by atoms with E-state index in [9.17, 15) is 0 Å². The maximum absolute atomic E-state index is 2.53. The summed E-state index contributed by atoms with van der Waals surface area (Å²) in [6.45, 7) is 4.69. The number of unbranched alkanes of at least 4 members (excludes halogenated alkanes) is 8. The average Bonchev–Trinajstić information content (AvgIpc) is 2.78. The quantitative estimate of drug-likeness (QED) is 0.223. The summed E-state index contributed by atoms with van der Waals surface area (Å²) in [5.74, 6) is 2.09. The third kappa shape index (κ3) is 11.0. The monoisotopic (exact) mass is 422 g/mol. The van der Waals surface area contributed by atoms with Gasteiger partial charge in [-0.05, 0) is 50.4 Å². The zero-order chi connectivity index (χ0) is 20.6. The molecule has 2 rings (SSSR count). The van der Waals surface area contributed by atoms with Gasteiger partial charge in [0.15, 0.2) is 0 Å². The van der Waals surface area contributed by atoms with Crippen LogP contribution in [0.4, 0.5) is 0 Å². The second-order valence-electron chi connectivity index (χ2n) is 10.4. The number of hydrogen-bond donors (Lipinski definition) is 0. The van der Waals surface area contributed by atoms with E-state index in [4.69, 9.17) is 0 Å². The van der Waals surface area contributed by atoms with Crippen LogP contribution in [0.25, 0.3) is 0 Å². The largest absolute Gasteiger partial charge is 0.155 e. The van der Waals surface area contributed by atoms with Crippen LogP contribution in [0.2, 0.25) is 0 Å². The minimum atomic E-state index is 0.986. The second-order valence-corrected chi connectivity index (χ2v) is 11.9. The fourth-order valence-electron chi connectivity index (χ4n) is 5.96. The van der Waals surface area contributed by atoms with Gasteiger partial charge in [0.25, 0.3) is 0 Å². The maximum atomic E-state index is 2.53. The molecule has 0 bridgehead atoms. The SMILES string of the molecule is CCCCCCCC(SC(CCCCCCC)C1CCCCC1)C1CCCCC1. The Kier molecular flexibility index (Phi) is 15.0. The lowest BCUT2D eigenvalue weighted by Gasteiger charge is -2.37. The van der Waals surface area contributed by atoms with Gasteiger partial charge in [0.1, 0.15) is 0 Å². The molecule has 2 fully saturated rings. The van der Waals surface area contributed by atoms with Crippen LogP contribution in [-0.4, -0.2) is 10.5 Å². The summed E-state index contributed by atoms with van der Waals surface area (Å²) >= 11 is 2.53. The Morgan fingerprint density at radius 1 is 0.517 bits per heavy atom. The molecule has 0 aromatic heterocycles. The van der Waals surface area contributed by atoms with Gasteiger partial charge in [-0.3, -0.25) is 0 Å². The van der Waals surface area contributed by atoms with Crippen LogP contribution >= 0.6 is 11.8 Å². The van der Waals surface area contributed by atoms with E-state index in [1.54, 1.807) is 25.7 Å². The minimum Gasteiger partial charge on any atom is -0.155 e. The number of rotatable bonds is 16. The highest BCUT2D eigenvalue weighted by Crippen LogP contribution is 2.43. The first-order valence-electron chi connectivity index (χ1n) is 14.0. The van der Waals surface area contributed by atoms with Crippen molar-refractivity contribution in [3.63, 3.8) is 0 Å². The van der Waals surface area contributed by atoms with Gasteiger partial charge < -0.3 is 0 Å². The van der Waals surface area contributed by atoms with E-state index >= 15 is 0 Å². The van der Waals surface area contributed by atoms with Gasteiger partial charge in [-0.2, -0.15) is 11.8 Å². The Labute approximate surface area is 189 Å². The third-order valence-electron chi connectivity index (χ3n) is 7.89. The van der Waals surface area contributed by atoms with Crippen molar-refractivity contribution in [1.29, 1.82) is 0 Å². The third-order valence-corrected chi connectivity index (χ3v) is 9.83. The summed E-state index contributed by atoms with van der Waals surface area (Å²) in [4.78, 5) is 0. The molecule has 0 N–H and O–H groups in total. The van der Waals surface area contributed by atoms with E-state index in [1.165, 1.54) is 116 Å². The molecule has 29 heavy (non-hydrogen) atoms. The van der Waals surface area contributed by atoms with Gasteiger partial charge in [0, 0.05) is 10.5 Å². The molecule has 2 aliphatic carbocycles. The molecule has 0 aliphatic heterocycles. The molecular weight excluding hydrogens is 368 g/mol. The highest BCUT2D eigenvalue weighted by Gasteiger charge is 2.30. The van der Waals surface area contributed by atoms with E-state index < -0.39 is 0 Å². The lowest BCUT2D eigenvalue weighted by molar-refractivity contribution is 0.322. The van der Waals surface area contributed by atoms with Crippen LogP contribution in [-0.2, 0) is 0 Å². The van der Waals surface area contributed by atoms with Crippen molar-refractivity contribution in [2.24, 2.45) is 11.8 Å². The standard InChI is InChI=1S/C28H54S/c1-3-5-7-9-17-23-27(25-19-13-11-14-20-25)29-28(24-18-10-8-6-4-2)26-21-15-12-16-22-26/h25-28H,3-24H2,1-2H3. The first-order chi connectivity index (χ1) is 14.3. The summed E-state index contributed by atoms with van der Waals surface area (Å²) in [6.07, 6.45) is 32.9. The highest BCUT2D eigenvalue weighted by molar-refractivity contribution is 8.00. The van der Waals surface area contributed by atoms with Crippen molar-refractivity contribution < 1.29 is 0 Å². The molecule has 0 saturated heterocycles. The Morgan fingerprint density at radius 3 is 1.28 bits per heavy atom. The summed E-state index contributed by atoms with van der Waals surface area (Å²) in [7, 11) is 0. The lowest BCUT2D eigenvalue weighted by Crippen LogP contribution is -2.28. The summed E-state index contributed by atoms with van der Waals surface area (Å²) < 4.78 is 0. The smallest absolute Gasteiger partial charge is 0.00782 e. The van der Waals surface area contributed by atoms with Crippen molar-refractivity contribution in [2.45, 2.75) is 166 Å². The van der Waals surface area contributed by atoms with Crippen molar-refractivity contribution in [1.82, 2.24) is 0 Å². The molecule has 0 heterocycles. The van der Waals surface area contributed by atoms with Crippen LogP contribution in [0.3, 0.4) is 0 Å². The molecule has 1 heteroatoms. The molecule has 2 atom stereocenters. The van der Waals surface area contributed by atoms with Gasteiger partial charge in [-0.1, -0.05) is 117 Å². The van der Waals surface area contributed by atoms with E-state index in [-0.39, 0.29) is 0 Å². The van der Waals surface area contributed by atoms with E-state index in [1.807, 2.05) is 0 Å². The Balaban J connectivity index is 1.89. The molecule has 0 spiro atoms. The molecule has 2 unspecified atom stereocenters. The topological polar surface area (TPSA) is 0 Å². The van der Waals surface area contributed by atoms with Crippen molar-refractivity contribution in [3.05, 3.63) is 0 Å². The summed E-state index contributed by atoms with van der Waals surface area (Å²) in [5, 5.41) is 1.97. The van der Waals surface area contributed by atoms with Crippen molar-refractivity contribution in [3.8, 4) is 0 Å². The summed E-state index contributed by atoms with van der Waals surface area (Å²) in [6, 6.07) is 0. The molecule has 0 aromatic carbocycles. The molecule has 2 aliphatic rings. The Hall–Kier alpha value is 0.350. The maximum Gasteiger partial charge on any atom is 0.00782 e. The van der Waals surface area contributed by atoms with Gasteiger partial charge in [-0.25, -0.2) is 0 Å². The van der Waals surface area contributed by atoms with Crippen LogP contribution in [0, 0.1) is 11.8 Å². The highest BCUT2D eigenvalue weighted by atomic mass is 32.2. The van der Waals surface area contributed by atoms with Crippen molar-refractivity contribution >= 4 is 11.8 Å². The fraction of sp³-hybridized carbons (Fsp3) is 1.00. The Bertz CT molecular complexity index is 319. The minimum absolute atomic E-state index is 0.986. The molecule has 0 nitrogen and oxygen atoms in total. The molecular formula is C28H54S. The molecule has 0 aromatic rings. The number of thioether (sulfide) groups is 1. The first-order valence-corrected chi connectivity index (χ1v) is 14.9. The van der Waals surface area contributed by atoms with Gasteiger partial charge in [0.2, 0.25) is 0 Å². The van der Waals surface area contributed by atoms with E-state index in [2.05, 4.69) is 25.6 Å². The normalized spacial score (nSPS) is 21.3. The van der Waals surface area contributed by atoms with Crippen LogP contribution in [0.5, 0.6) is 0 Å². The van der Waals surface area contributed by atoms with E-state index in [0.29, 0.717) is 0 Å². The molecule has 0 amide bonds. The molecule has 172 valence electrons. The number of hydrogen-bond acceptors (Lipinski definition) is 1. The fourth-order valence-corrected chi connectivity index (χ4v) is 8.01. The zero-order valence-electron chi connectivity index (χ0n) is 20.3.